The lowest BCUT2D eigenvalue weighted by Crippen LogP contribution is -2.66. The Morgan fingerprint density at radius 2 is 1.58 bits per heavy atom. The molecule has 0 radical (unpaired) electrons. The van der Waals surface area contributed by atoms with Gasteiger partial charge in [-0.1, -0.05) is 42.5 Å². The van der Waals surface area contributed by atoms with Gasteiger partial charge >= 0.3 is 6.03 Å². The standard InChI is InChI=1S/C21H26N4O/c26-20(25-15-14-23-16-21(25)10-12-22-13-11-21)24-19-8-6-18(7-9-19)17-4-2-1-3-5-17/h1-9,22-23H,10-16H2,(H,24,26). The fourth-order valence-electron chi connectivity index (χ4n) is 4.07. The molecule has 0 atom stereocenters. The minimum absolute atomic E-state index is 0.0147. The number of urea groups is 1. The molecule has 4 rings (SSSR count). The van der Waals surface area contributed by atoms with Crippen LogP contribution in [0.1, 0.15) is 12.8 Å². The molecular weight excluding hydrogens is 324 g/mol. The van der Waals surface area contributed by atoms with Crippen molar-refractivity contribution in [3.63, 3.8) is 0 Å². The van der Waals surface area contributed by atoms with Crippen LogP contribution in [0, 0.1) is 0 Å². The summed E-state index contributed by atoms with van der Waals surface area (Å²) in [5.74, 6) is 0. The second kappa shape index (κ2) is 7.48. The predicted octanol–water partition coefficient (Wildman–Crippen LogP) is 2.91. The summed E-state index contributed by atoms with van der Waals surface area (Å²) in [4.78, 5) is 15.0. The van der Waals surface area contributed by atoms with E-state index in [9.17, 15) is 4.79 Å². The van der Waals surface area contributed by atoms with Crippen molar-refractivity contribution in [2.24, 2.45) is 0 Å². The maximum atomic E-state index is 13.0. The summed E-state index contributed by atoms with van der Waals surface area (Å²) in [5, 5.41) is 9.97. The molecule has 2 aliphatic heterocycles. The van der Waals surface area contributed by atoms with Gasteiger partial charge in [-0.2, -0.15) is 0 Å². The molecule has 0 bridgehead atoms. The highest BCUT2D eigenvalue weighted by molar-refractivity contribution is 5.90. The summed E-state index contributed by atoms with van der Waals surface area (Å²) in [6.07, 6.45) is 2.00. The van der Waals surface area contributed by atoms with E-state index in [0.29, 0.717) is 0 Å². The molecule has 136 valence electrons. The van der Waals surface area contributed by atoms with Gasteiger partial charge in [-0.25, -0.2) is 4.79 Å². The van der Waals surface area contributed by atoms with E-state index in [0.717, 1.165) is 56.8 Å². The highest BCUT2D eigenvalue weighted by atomic mass is 16.2. The first-order valence-corrected chi connectivity index (χ1v) is 9.42. The van der Waals surface area contributed by atoms with Crippen molar-refractivity contribution < 1.29 is 4.79 Å². The summed E-state index contributed by atoms with van der Waals surface area (Å²) in [6, 6.07) is 18.4. The lowest BCUT2D eigenvalue weighted by molar-refractivity contribution is 0.0690. The van der Waals surface area contributed by atoms with Crippen LogP contribution in [0.15, 0.2) is 54.6 Å². The number of nitrogens with one attached hydrogen (secondary N) is 3. The van der Waals surface area contributed by atoms with Gasteiger partial charge in [0.05, 0.1) is 5.54 Å². The number of hydrogen-bond donors (Lipinski definition) is 3. The monoisotopic (exact) mass is 350 g/mol. The maximum Gasteiger partial charge on any atom is 0.322 e. The first-order valence-electron chi connectivity index (χ1n) is 9.42. The van der Waals surface area contributed by atoms with Crippen molar-refractivity contribution >= 4 is 11.7 Å². The first kappa shape index (κ1) is 17.1. The molecule has 2 amide bonds. The number of benzene rings is 2. The van der Waals surface area contributed by atoms with Crippen LogP contribution in [0.4, 0.5) is 10.5 Å². The molecule has 5 nitrogen and oxygen atoms in total. The van der Waals surface area contributed by atoms with Crippen molar-refractivity contribution in [3.05, 3.63) is 54.6 Å². The lowest BCUT2D eigenvalue weighted by Gasteiger charge is -2.49. The molecule has 2 saturated heterocycles. The molecule has 5 heteroatoms. The van der Waals surface area contributed by atoms with Crippen LogP contribution in [0.5, 0.6) is 0 Å². The van der Waals surface area contributed by atoms with Crippen molar-refractivity contribution in [2.45, 2.75) is 18.4 Å². The third kappa shape index (κ3) is 3.45. The summed E-state index contributed by atoms with van der Waals surface area (Å²) < 4.78 is 0. The van der Waals surface area contributed by atoms with E-state index in [1.807, 2.05) is 30.3 Å². The molecule has 0 saturated carbocycles. The molecule has 2 aliphatic rings. The van der Waals surface area contributed by atoms with Crippen molar-refractivity contribution in [1.82, 2.24) is 15.5 Å². The average Bonchev–Trinajstić information content (AvgIpc) is 2.70. The Labute approximate surface area is 154 Å². The normalized spacial score (nSPS) is 19.3. The number of piperidine rings is 1. The molecule has 3 N–H and O–H groups in total. The zero-order valence-electron chi connectivity index (χ0n) is 15.0. The van der Waals surface area contributed by atoms with Crippen LogP contribution in [0.2, 0.25) is 0 Å². The van der Waals surface area contributed by atoms with Gasteiger partial charge in [-0.3, -0.25) is 0 Å². The van der Waals surface area contributed by atoms with Gasteiger partial charge in [0.25, 0.3) is 0 Å². The Kier molecular flexibility index (Phi) is 4.91. The molecule has 2 aromatic rings. The van der Waals surface area contributed by atoms with Crippen LogP contribution in [0.25, 0.3) is 11.1 Å². The first-order chi connectivity index (χ1) is 12.8. The zero-order chi connectivity index (χ0) is 17.8. The number of carbonyl (C=O) groups excluding carboxylic acids is 1. The molecule has 2 heterocycles. The van der Waals surface area contributed by atoms with Crippen molar-refractivity contribution in [1.29, 1.82) is 0 Å². The van der Waals surface area contributed by atoms with E-state index >= 15 is 0 Å². The van der Waals surface area contributed by atoms with Gasteiger partial charge in [-0.15, -0.1) is 0 Å². The van der Waals surface area contributed by atoms with Gasteiger partial charge in [-0.05, 0) is 49.2 Å². The Morgan fingerprint density at radius 1 is 0.885 bits per heavy atom. The second-order valence-corrected chi connectivity index (χ2v) is 7.18. The van der Waals surface area contributed by atoms with Crippen LogP contribution in [0.3, 0.4) is 0 Å². The minimum Gasteiger partial charge on any atom is -0.317 e. The second-order valence-electron chi connectivity index (χ2n) is 7.18. The average molecular weight is 350 g/mol. The molecule has 26 heavy (non-hydrogen) atoms. The van der Waals surface area contributed by atoms with E-state index in [-0.39, 0.29) is 11.6 Å². The van der Waals surface area contributed by atoms with Crippen LogP contribution < -0.4 is 16.0 Å². The van der Waals surface area contributed by atoms with Crippen LogP contribution >= 0.6 is 0 Å². The predicted molar refractivity (Wildman–Crippen MR) is 105 cm³/mol. The van der Waals surface area contributed by atoms with Gasteiger partial charge in [0.1, 0.15) is 0 Å². The van der Waals surface area contributed by atoms with Crippen LogP contribution in [-0.2, 0) is 0 Å². The van der Waals surface area contributed by atoms with Gasteiger partial charge in [0.15, 0.2) is 0 Å². The Bertz CT molecular complexity index is 730. The maximum absolute atomic E-state index is 13.0. The van der Waals surface area contributed by atoms with Crippen LogP contribution in [-0.4, -0.2) is 49.2 Å². The van der Waals surface area contributed by atoms with E-state index in [1.54, 1.807) is 0 Å². The summed E-state index contributed by atoms with van der Waals surface area (Å²) >= 11 is 0. The Morgan fingerprint density at radius 3 is 2.31 bits per heavy atom. The number of piperazine rings is 1. The quantitative estimate of drug-likeness (QED) is 0.781. The van der Waals surface area contributed by atoms with E-state index in [2.05, 4.69) is 45.1 Å². The third-order valence-corrected chi connectivity index (χ3v) is 5.56. The summed E-state index contributed by atoms with van der Waals surface area (Å²) in [5.41, 5.74) is 3.12. The van der Waals surface area contributed by atoms with Gasteiger partial charge in [0.2, 0.25) is 0 Å². The Balaban J connectivity index is 1.47. The number of rotatable bonds is 2. The van der Waals surface area contributed by atoms with Gasteiger partial charge < -0.3 is 20.9 Å². The molecule has 2 aromatic carbocycles. The fraction of sp³-hybridized carbons (Fsp3) is 0.381. The van der Waals surface area contributed by atoms with Gasteiger partial charge in [0, 0.05) is 25.3 Å². The summed E-state index contributed by atoms with van der Waals surface area (Å²) in [6.45, 7) is 4.44. The van der Waals surface area contributed by atoms with E-state index < -0.39 is 0 Å². The van der Waals surface area contributed by atoms with E-state index in [4.69, 9.17) is 0 Å². The highest BCUT2D eigenvalue weighted by Gasteiger charge is 2.42. The van der Waals surface area contributed by atoms with Crippen molar-refractivity contribution in [2.75, 3.05) is 38.0 Å². The lowest BCUT2D eigenvalue weighted by atomic mass is 9.85. The smallest absolute Gasteiger partial charge is 0.317 e. The largest absolute Gasteiger partial charge is 0.322 e. The SMILES string of the molecule is O=C(Nc1ccc(-c2ccccc2)cc1)N1CCNCC12CCNCC2. The van der Waals surface area contributed by atoms with E-state index in [1.165, 1.54) is 5.56 Å². The number of amides is 2. The fourth-order valence-corrected chi connectivity index (χ4v) is 4.07. The number of carbonyl (C=O) groups is 1. The zero-order valence-corrected chi connectivity index (χ0v) is 15.0. The molecule has 0 aliphatic carbocycles. The summed E-state index contributed by atoms with van der Waals surface area (Å²) in [7, 11) is 0. The molecule has 0 unspecified atom stereocenters. The number of nitrogens with zero attached hydrogens (tertiary/aromatic N) is 1. The molecule has 2 fully saturated rings. The van der Waals surface area contributed by atoms with Crippen molar-refractivity contribution in [3.8, 4) is 11.1 Å². The molecule has 0 aromatic heterocycles. The third-order valence-electron chi connectivity index (χ3n) is 5.56. The minimum atomic E-state index is -0.0580. The Hall–Kier alpha value is -2.37. The topological polar surface area (TPSA) is 56.4 Å². The number of anilines is 1. The number of hydrogen-bond acceptors (Lipinski definition) is 3. The molecular formula is C21H26N4O. The molecule has 1 spiro atoms. The highest BCUT2D eigenvalue weighted by Crippen LogP contribution is 2.29.